The van der Waals surface area contributed by atoms with E-state index in [1.165, 1.54) is 0 Å². The lowest BCUT2D eigenvalue weighted by molar-refractivity contribution is 0.885. The summed E-state index contributed by atoms with van der Waals surface area (Å²) in [6.45, 7) is 2.12. The van der Waals surface area contributed by atoms with Gasteiger partial charge in [0.25, 0.3) is 0 Å². The van der Waals surface area contributed by atoms with Gasteiger partial charge in [0, 0.05) is 25.3 Å². The minimum Gasteiger partial charge on any atom is -0.378 e. The number of aromatic nitrogens is 3. The quantitative estimate of drug-likeness (QED) is 0.801. The Bertz CT molecular complexity index is 842. The van der Waals surface area contributed by atoms with Crippen LogP contribution in [0.15, 0.2) is 36.4 Å². The van der Waals surface area contributed by atoms with Crippen molar-refractivity contribution in [1.29, 1.82) is 0 Å². The fourth-order valence-corrected chi connectivity index (χ4v) is 2.61. The summed E-state index contributed by atoms with van der Waals surface area (Å²) in [7, 11) is 4.06. The number of pyridine rings is 1. The second-order valence-corrected chi connectivity index (χ2v) is 5.79. The highest BCUT2D eigenvalue weighted by atomic mass is 15.1. The number of fused-ring (bicyclic) bond motifs is 1. The first-order chi connectivity index (χ1) is 11.1. The molecule has 3 aromatic rings. The molecular formula is C18H21N5. The van der Waals surface area contributed by atoms with Gasteiger partial charge in [-0.15, -0.1) is 0 Å². The van der Waals surface area contributed by atoms with Crippen molar-refractivity contribution >= 4 is 22.7 Å². The Hall–Kier alpha value is -2.69. The van der Waals surface area contributed by atoms with Gasteiger partial charge in [0.05, 0.1) is 16.9 Å². The summed E-state index contributed by atoms with van der Waals surface area (Å²) in [5.74, 6) is 0.310. The number of nitrogens with two attached hydrogens (primary N) is 1. The second kappa shape index (κ2) is 6.20. The second-order valence-electron chi connectivity index (χ2n) is 5.79. The van der Waals surface area contributed by atoms with Crippen molar-refractivity contribution in [2.24, 2.45) is 0 Å². The molecule has 5 nitrogen and oxygen atoms in total. The Balaban J connectivity index is 2.14. The van der Waals surface area contributed by atoms with Crippen LogP contribution in [0.5, 0.6) is 0 Å². The molecule has 0 atom stereocenters. The molecule has 0 saturated carbocycles. The molecule has 0 amide bonds. The van der Waals surface area contributed by atoms with Crippen LogP contribution in [0, 0.1) is 0 Å². The predicted octanol–water partition coefficient (Wildman–Crippen LogP) is 3.29. The highest BCUT2D eigenvalue weighted by Crippen LogP contribution is 2.25. The smallest absolute Gasteiger partial charge is 0.220 e. The van der Waals surface area contributed by atoms with Crippen molar-refractivity contribution < 1.29 is 0 Å². The lowest BCUT2D eigenvalue weighted by Gasteiger charge is -2.13. The molecule has 0 bridgehead atoms. The monoisotopic (exact) mass is 307 g/mol. The Morgan fingerprint density at radius 1 is 1.04 bits per heavy atom. The van der Waals surface area contributed by atoms with Crippen LogP contribution < -0.4 is 10.6 Å². The van der Waals surface area contributed by atoms with Gasteiger partial charge in [-0.1, -0.05) is 25.5 Å². The molecule has 0 fully saturated rings. The Kier molecular flexibility index (Phi) is 4.10. The van der Waals surface area contributed by atoms with E-state index in [1.807, 2.05) is 32.3 Å². The van der Waals surface area contributed by atoms with Crippen molar-refractivity contribution in [3.8, 4) is 11.3 Å². The molecule has 0 radical (unpaired) electrons. The summed E-state index contributed by atoms with van der Waals surface area (Å²) in [5.41, 5.74) is 11.5. The lowest BCUT2D eigenvalue weighted by atomic mass is 10.1. The van der Waals surface area contributed by atoms with Crippen LogP contribution in [0.1, 0.15) is 19.0 Å². The maximum Gasteiger partial charge on any atom is 0.220 e. The van der Waals surface area contributed by atoms with E-state index in [1.54, 1.807) is 0 Å². The average Bonchev–Trinajstić information content (AvgIpc) is 2.55. The molecule has 0 aliphatic heterocycles. The fraction of sp³-hybridized carbons (Fsp3) is 0.278. The number of anilines is 2. The number of hydrogen-bond donors (Lipinski definition) is 1. The number of rotatable bonds is 4. The number of hydrogen-bond acceptors (Lipinski definition) is 5. The summed E-state index contributed by atoms with van der Waals surface area (Å²) in [6.07, 6.45) is 1.84. The molecule has 23 heavy (non-hydrogen) atoms. The molecule has 2 heterocycles. The molecule has 2 aromatic heterocycles. The SMILES string of the molecule is CCCc1nc(N)nc2ccc(-c3cccc(N(C)C)c3)nc12. The van der Waals surface area contributed by atoms with Crippen molar-refractivity contribution in [1.82, 2.24) is 15.0 Å². The zero-order valence-electron chi connectivity index (χ0n) is 13.7. The highest BCUT2D eigenvalue weighted by molar-refractivity contribution is 5.81. The summed E-state index contributed by atoms with van der Waals surface area (Å²) in [5, 5.41) is 0. The normalized spacial score (nSPS) is 10.9. The van der Waals surface area contributed by atoms with Crippen LogP contribution >= 0.6 is 0 Å². The first-order valence-corrected chi connectivity index (χ1v) is 7.79. The minimum atomic E-state index is 0.310. The molecule has 3 rings (SSSR count). The van der Waals surface area contributed by atoms with Crippen molar-refractivity contribution in [3.63, 3.8) is 0 Å². The van der Waals surface area contributed by atoms with Gasteiger partial charge >= 0.3 is 0 Å². The predicted molar refractivity (Wildman–Crippen MR) is 95.5 cm³/mol. The van der Waals surface area contributed by atoms with E-state index in [4.69, 9.17) is 10.7 Å². The topological polar surface area (TPSA) is 67.9 Å². The number of nitrogens with zero attached hydrogens (tertiary/aromatic N) is 4. The molecule has 0 spiro atoms. The standard InChI is InChI=1S/C18H21N5/c1-4-6-15-17-16(22-18(19)21-15)10-9-14(20-17)12-7-5-8-13(11-12)23(2)3/h5,7-11H,4,6H2,1-3H3,(H2,19,21,22). The zero-order chi connectivity index (χ0) is 16.4. The molecule has 0 aliphatic carbocycles. The Morgan fingerprint density at radius 2 is 1.87 bits per heavy atom. The number of nitrogen functional groups attached to an aromatic ring is 1. The van der Waals surface area contributed by atoms with Crippen molar-refractivity contribution in [2.45, 2.75) is 19.8 Å². The molecule has 0 unspecified atom stereocenters. The zero-order valence-corrected chi connectivity index (χ0v) is 13.7. The molecule has 118 valence electrons. The maximum atomic E-state index is 5.80. The Morgan fingerprint density at radius 3 is 2.61 bits per heavy atom. The molecule has 2 N–H and O–H groups in total. The van der Waals surface area contributed by atoms with Gasteiger partial charge in [-0.25, -0.2) is 15.0 Å². The summed E-state index contributed by atoms with van der Waals surface area (Å²) in [4.78, 5) is 15.5. The Labute approximate surface area is 136 Å². The van der Waals surface area contributed by atoms with E-state index >= 15 is 0 Å². The van der Waals surface area contributed by atoms with Gasteiger partial charge < -0.3 is 10.6 Å². The van der Waals surface area contributed by atoms with Crippen LogP contribution in [0.4, 0.5) is 11.6 Å². The van der Waals surface area contributed by atoms with Gasteiger partial charge in [0.15, 0.2) is 0 Å². The third kappa shape index (κ3) is 3.08. The number of aryl methyl sites for hydroxylation is 1. The average molecular weight is 307 g/mol. The lowest BCUT2D eigenvalue weighted by Crippen LogP contribution is -2.08. The van der Waals surface area contributed by atoms with E-state index in [9.17, 15) is 0 Å². The molecule has 0 aliphatic rings. The molecule has 0 saturated heterocycles. The van der Waals surface area contributed by atoms with E-state index in [0.717, 1.165) is 46.5 Å². The van der Waals surface area contributed by atoms with E-state index in [-0.39, 0.29) is 0 Å². The van der Waals surface area contributed by atoms with Crippen LogP contribution in [-0.4, -0.2) is 29.0 Å². The molecule has 1 aromatic carbocycles. The van der Waals surface area contributed by atoms with Gasteiger partial charge in [-0.2, -0.15) is 0 Å². The van der Waals surface area contributed by atoms with Crippen molar-refractivity contribution in [2.75, 3.05) is 24.7 Å². The molecule has 5 heteroatoms. The third-order valence-electron chi connectivity index (χ3n) is 3.78. The van der Waals surface area contributed by atoms with Gasteiger partial charge in [0.1, 0.15) is 5.52 Å². The van der Waals surface area contributed by atoms with E-state index in [2.05, 4.69) is 40.0 Å². The van der Waals surface area contributed by atoms with Crippen LogP contribution in [0.25, 0.3) is 22.3 Å². The summed E-state index contributed by atoms with van der Waals surface area (Å²) < 4.78 is 0. The van der Waals surface area contributed by atoms with Crippen LogP contribution in [-0.2, 0) is 6.42 Å². The van der Waals surface area contributed by atoms with E-state index < -0.39 is 0 Å². The largest absolute Gasteiger partial charge is 0.378 e. The van der Waals surface area contributed by atoms with Gasteiger partial charge in [-0.3, -0.25) is 0 Å². The minimum absolute atomic E-state index is 0.310. The summed E-state index contributed by atoms with van der Waals surface area (Å²) >= 11 is 0. The first kappa shape index (κ1) is 15.2. The first-order valence-electron chi connectivity index (χ1n) is 7.79. The molecular weight excluding hydrogens is 286 g/mol. The fourth-order valence-electron chi connectivity index (χ4n) is 2.61. The number of benzene rings is 1. The van der Waals surface area contributed by atoms with Gasteiger partial charge in [0.2, 0.25) is 5.95 Å². The third-order valence-corrected chi connectivity index (χ3v) is 3.78. The highest BCUT2D eigenvalue weighted by Gasteiger charge is 2.10. The van der Waals surface area contributed by atoms with Crippen LogP contribution in [0.3, 0.4) is 0 Å². The van der Waals surface area contributed by atoms with E-state index in [0.29, 0.717) is 5.95 Å². The van der Waals surface area contributed by atoms with Crippen molar-refractivity contribution in [3.05, 3.63) is 42.1 Å². The van der Waals surface area contributed by atoms with Crippen LogP contribution in [0.2, 0.25) is 0 Å². The summed E-state index contributed by atoms with van der Waals surface area (Å²) in [6, 6.07) is 12.3. The maximum absolute atomic E-state index is 5.80. The van der Waals surface area contributed by atoms with Gasteiger partial charge in [-0.05, 0) is 30.7 Å².